The highest BCUT2D eigenvalue weighted by atomic mass is 35.5. The van der Waals surface area contributed by atoms with Crippen LogP contribution in [0, 0.1) is 5.82 Å². The van der Waals surface area contributed by atoms with Crippen molar-refractivity contribution in [2.24, 2.45) is 0 Å². The zero-order valence-corrected chi connectivity index (χ0v) is 28.6. The van der Waals surface area contributed by atoms with E-state index in [2.05, 4.69) is 5.32 Å². The molecule has 0 bridgehead atoms. The normalized spacial score (nSPS) is 11.8. The van der Waals surface area contributed by atoms with Crippen LogP contribution in [0.3, 0.4) is 0 Å². The number of sulfonamides is 1. The second-order valence-electron chi connectivity index (χ2n) is 11.0. The fraction of sp³-hybridized carbons (Fsp3) is 0.278. The molecule has 48 heavy (non-hydrogen) atoms. The molecule has 4 aromatic carbocycles. The summed E-state index contributed by atoms with van der Waals surface area (Å²) < 4.78 is 54.1. The Morgan fingerprint density at radius 1 is 0.875 bits per heavy atom. The van der Waals surface area contributed by atoms with Gasteiger partial charge in [0.15, 0.2) is 11.5 Å². The molecule has 4 rings (SSSR count). The first-order valence-electron chi connectivity index (χ1n) is 15.4. The van der Waals surface area contributed by atoms with Crippen LogP contribution in [0.2, 0.25) is 5.02 Å². The summed E-state index contributed by atoms with van der Waals surface area (Å²) in [5, 5.41) is 3.39. The summed E-state index contributed by atoms with van der Waals surface area (Å²) in [6.45, 7) is 1.68. The molecule has 0 aliphatic carbocycles. The lowest BCUT2D eigenvalue weighted by Gasteiger charge is -2.34. The number of unbranched alkanes of at least 4 members (excludes halogenated alkanes) is 1. The summed E-state index contributed by atoms with van der Waals surface area (Å²) in [5.74, 6) is -1.14. The summed E-state index contributed by atoms with van der Waals surface area (Å²) in [5.41, 5.74) is 1.51. The van der Waals surface area contributed by atoms with Gasteiger partial charge in [0.2, 0.25) is 11.8 Å². The second-order valence-corrected chi connectivity index (χ2v) is 13.3. The summed E-state index contributed by atoms with van der Waals surface area (Å²) >= 11 is 6.30. The van der Waals surface area contributed by atoms with Crippen molar-refractivity contribution in [3.05, 3.63) is 119 Å². The Morgan fingerprint density at radius 2 is 1.56 bits per heavy atom. The topological polar surface area (TPSA) is 105 Å². The van der Waals surface area contributed by atoms with Crippen LogP contribution in [0.25, 0.3) is 0 Å². The molecule has 0 aliphatic rings. The minimum absolute atomic E-state index is 0.0360. The third-order valence-corrected chi connectivity index (χ3v) is 9.68. The van der Waals surface area contributed by atoms with Crippen molar-refractivity contribution in [1.29, 1.82) is 0 Å². The van der Waals surface area contributed by atoms with E-state index >= 15 is 0 Å². The lowest BCUT2D eigenvalue weighted by Crippen LogP contribution is -2.53. The van der Waals surface area contributed by atoms with E-state index in [1.54, 1.807) is 24.3 Å². The van der Waals surface area contributed by atoms with E-state index in [1.807, 2.05) is 37.3 Å². The minimum Gasteiger partial charge on any atom is -0.493 e. The Hall–Kier alpha value is -4.61. The van der Waals surface area contributed by atoms with E-state index in [0.29, 0.717) is 22.9 Å². The monoisotopic (exact) mass is 695 g/mol. The second kappa shape index (κ2) is 17.0. The van der Waals surface area contributed by atoms with E-state index in [4.69, 9.17) is 21.1 Å². The number of anilines is 1. The molecule has 0 unspecified atom stereocenters. The van der Waals surface area contributed by atoms with Gasteiger partial charge < -0.3 is 19.7 Å². The van der Waals surface area contributed by atoms with Crippen molar-refractivity contribution in [1.82, 2.24) is 10.2 Å². The van der Waals surface area contributed by atoms with Gasteiger partial charge in [0.25, 0.3) is 10.0 Å². The third kappa shape index (κ3) is 9.26. The van der Waals surface area contributed by atoms with Crippen LogP contribution in [-0.2, 0) is 32.6 Å². The predicted octanol–water partition coefficient (Wildman–Crippen LogP) is 6.25. The third-order valence-electron chi connectivity index (χ3n) is 7.68. The minimum atomic E-state index is -4.45. The number of carbonyl (C=O) groups excluding carboxylic acids is 2. The number of benzene rings is 4. The number of rotatable bonds is 16. The van der Waals surface area contributed by atoms with Gasteiger partial charge in [-0.25, -0.2) is 12.8 Å². The molecule has 0 saturated heterocycles. The number of hydrogen-bond acceptors (Lipinski definition) is 6. The molecular weight excluding hydrogens is 657 g/mol. The van der Waals surface area contributed by atoms with Crippen molar-refractivity contribution >= 4 is 39.1 Å². The molecular formula is C36H39ClFN3O6S. The Morgan fingerprint density at radius 3 is 2.21 bits per heavy atom. The van der Waals surface area contributed by atoms with E-state index in [1.165, 1.54) is 49.5 Å². The molecule has 0 saturated carbocycles. The summed E-state index contributed by atoms with van der Waals surface area (Å²) in [6.07, 6.45) is 1.77. The van der Waals surface area contributed by atoms with Gasteiger partial charge in [0.05, 0.1) is 24.8 Å². The van der Waals surface area contributed by atoms with Gasteiger partial charge in [-0.15, -0.1) is 0 Å². The first-order chi connectivity index (χ1) is 23.1. The molecule has 0 aliphatic heterocycles. The zero-order chi connectivity index (χ0) is 34.7. The quantitative estimate of drug-likeness (QED) is 0.139. The van der Waals surface area contributed by atoms with Crippen LogP contribution in [0.5, 0.6) is 11.5 Å². The Kier molecular flexibility index (Phi) is 12.8. The Bertz CT molecular complexity index is 1790. The number of amides is 2. The van der Waals surface area contributed by atoms with Gasteiger partial charge in [0, 0.05) is 30.6 Å². The average molecular weight is 696 g/mol. The fourth-order valence-corrected chi connectivity index (χ4v) is 6.78. The van der Waals surface area contributed by atoms with Crippen molar-refractivity contribution in [2.45, 2.75) is 43.7 Å². The van der Waals surface area contributed by atoms with Crippen LogP contribution in [0.4, 0.5) is 10.1 Å². The SMILES string of the molecule is CCCCNC(=O)[C@@H](Cc1ccccc1)N(Cc1cccc(Cl)c1)C(=O)CN(c1ccc(F)cc1)S(=O)(=O)c1ccc(OC)c(OC)c1. The lowest BCUT2D eigenvalue weighted by molar-refractivity contribution is -0.140. The average Bonchev–Trinajstić information content (AvgIpc) is 3.09. The predicted molar refractivity (Wildman–Crippen MR) is 184 cm³/mol. The number of nitrogens with one attached hydrogen (secondary N) is 1. The van der Waals surface area contributed by atoms with Gasteiger partial charge in [-0.2, -0.15) is 0 Å². The lowest BCUT2D eigenvalue weighted by atomic mass is 10.0. The highest BCUT2D eigenvalue weighted by Gasteiger charge is 2.35. The van der Waals surface area contributed by atoms with Gasteiger partial charge in [0.1, 0.15) is 18.4 Å². The number of methoxy groups -OCH3 is 2. The van der Waals surface area contributed by atoms with Crippen LogP contribution in [-0.4, -0.2) is 58.5 Å². The molecule has 0 aromatic heterocycles. The molecule has 0 fully saturated rings. The Labute approximate surface area is 286 Å². The van der Waals surface area contributed by atoms with E-state index < -0.39 is 34.3 Å². The molecule has 0 heterocycles. The molecule has 4 aromatic rings. The maximum Gasteiger partial charge on any atom is 0.264 e. The van der Waals surface area contributed by atoms with Crippen LogP contribution >= 0.6 is 11.6 Å². The smallest absolute Gasteiger partial charge is 0.264 e. The van der Waals surface area contributed by atoms with E-state index in [0.717, 1.165) is 34.8 Å². The molecule has 9 nitrogen and oxygen atoms in total. The van der Waals surface area contributed by atoms with Crippen LogP contribution in [0.1, 0.15) is 30.9 Å². The number of carbonyl (C=O) groups is 2. The molecule has 0 spiro atoms. The Balaban J connectivity index is 1.81. The standard InChI is InChI=1S/C36H39ClFN3O6S/c1-4-5-20-39-36(43)32(22-26-10-7-6-8-11-26)40(24-27-12-9-13-28(37)21-27)35(42)25-41(30-16-14-29(38)15-17-30)48(44,45)31-18-19-33(46-2)34(23-31)47-3/h6-19,21,23,32H,4-5,20,22,24-25H2,1-3H3,(H,39,43)/t32-/m1/s1. The van der Waals surface area contributed by atoms with Gasteiger partial charge in [-0.3, -0.25) is 13.9 Å². The summed E-state index contributed by atoms with van der Waals surface area (Å²) in [7, 11) is -1.65. The van der Waals surface area contributed by atoms with Crippen LogP contribution in [0.15, 0.2) is 102 Å². The maximum absolute atomic E-state index is 14.5. The van der Waals surface area contributed by atoms with Crippen molar-refractivity contribution in [3.8, 4) is 11.5 Å². The van der Waals surface area contributed by atoms with Gasteiger partial charge in [-0.1, -0.05) is 67.4 Å². The first kappa shape index (κ1) is 36.2. The largest absolute Gasteiger partial charge is 0.493 e. The molecule has 254 valence electrons. The highest BCUT2D eigenvalue weighted by molar-refractivity contribution is 7.92. The molecule has 12 heteroatoms. The number of nitrogens with zero attached hydrogens (tertiary/aromatic N) is 2. The molecule has 2 amide bonds. The van der Waals surface area contributed by atoms with E-state index in [9.17, 15) is 22.4 Å². The molecule has 1 atom stereocenters. The van der Waals surface area contributed by atoms with Crippen LogP contribution < -0.4 is 19.1 Å². The van der Waals surface area contributed by atoms with Crippen molar-refractivity contribution in [2.75, 3.05) is 31.6 Å². The van der Waals surface area contributed by atoms with Crippen molar-refractivity contribution in [3.63, 3.8) is 0 Å². The van der Waals surface area contributed by atoms with Gasteiger partial charge >= 0.3 is 0 Å². The number of hydrogen-bond donors (Lipinski definition) is 1. The number of halogens is 2. The first-order valence-corrected chi connectivity index (χ1v) is 17.2. The molecule has 0 radical (unpaired) electrons. The maximum atomic E-state index is 14.5. The molecule has 1 N–H and O–H groups in total. The fourth-order valence-electron chi connectivity index (χ4n) is 5.13. The summed E-state index contributed by atoms with van der Waals surface area (Å²) in [4.78, 5) is 29.6. The zero-order valence-electron chi connectivity index (χ0n) is 27.1. The van der Waals surface area contributed by atoms with E-state index in [-0.39, 0.29) is 35.2 Å². The summed E-state index contributed by atoms with van der Waals surface area (Å²) in [6, 6.07) is 24.0. The number of ether oxygens (including phenoxy) is 2. The highest BCUT2D eigenvalue weighted by Crippen LogP contribution is 2.32. The van der Waals surface area contributed by atoms with Gasteiger partial charge in [-0.05, 0) is 66.1 Å². The van der Waals surface area contributed by atoms with Crippen molar-refractivity contribution < 1.29 is 31.9 Å².